The van der Waals surface area contributed by atoms with Crippen molar-refractivity contribution in [2.24, 2.45) is 0 Å². The molecule has 0 aliphatic carbocycles. The van der Waals surface area contributed by atoms with Crippen LogP contribution in [0.5, 0.6) is 0 Å². The highest BCUT2D eigenvalue weighted by atomic mass is 16.1. The van der Waals surface area contributed by atoms with Crippen LogP contribution in [0.15, 0.2) is 47.3 Å². The molecular formula is C21H24N4O2. The number of unbranched alkanes of at least 4 members (excludes halogenated alkanes) is 1. The lowest BCUT2D eigenvalue weighted by Gasteiger charge is -2.07. The Morgan fingerprint density at radius 1 is 1.07 bits per heavy atom. The number of Topliss-reactive ketones (excluding diaryl/α,β-unsaturated/α-hetero) is 1. The molecule has 140 valence electrons. The fraction of sp³-hybridized carbons (Fsp3) is 0.333. The molecule has 6 nitrogen and oxygen atoms in total. The van der Waals surface area contributed by atoms with Gasteiger partial charge in [-0.3, -0.25) is 9.59 Å². The lowest BCUT2D eigenvalue weighted by molar-refractivity contribution is 0.0979. The van der Waals surface area contributed by atoms with E-state index in [0.29, 0.717) is 35.6 Å². The Balaban J connectivity index is 1.52. The molecule has 0 fully saturated rings. The minimum absolute atomic E-state index is 0.167. The molecule has 0 aliphatic heterocycles. The molecule has 0 unspecified atom stereocenters. The molecule has 0 spiro atoms. The number of aryl methyl sites for hydroxylation is 1. The Labute approximate surface area is 158 Å². The molecule has 2 heterocycles. The monoisotopic (exact) mass is 364 g/mol. The van der Waals surface area contributed by atoms with Crippen molar-refractivity contribution in [3.63, 3.8) is 0 Å². The van der Waals surface area contributed by atoms with Crippen LogP contribution in [-0.2, 0) is 6.42 Å². The summed E-state index contributed by atoms with van der Waals surface area (Å²) in [5.41, 5.74) is 1.51. The van der Waals surface area contributed by atoms with Crippen molar-refractivity contribution in [2.45, 2.75) is 39.0 Å². The van der Waals surface area contributed by atoms with Crippen LogP contribution in [0.2, 0.25) is 0 Å². The summed E-state index contributed by atoms with van der Waals surface area (Å²) in [6, 6.07) is 13.0. The van der Waals surface area contributed by atoms with Crippen LogP contribution in [0.1, 0.15) is 48.8 Å². The average molecular weight is 364 g/mol. The highest BCUT2D eigenvalue weighted by Gasteiger charge is 2.07. The van der Waals surface area contributed by atoms with Gasteiger partial charge in [0.2, 0.25) is 0 Å². The van der Waals surface area contributed by atoms with Crippen LogP contribution in [0, 0.1) is 0 Å². The van der Waals surface area contributed by atoms with Crippen LogP contribution in [0.4, 0.5) is 5.82 Å². The number of aromatic nitrogens is 3. The molecule has 1 aromatic carbocycles. The Morgan fingerprint density at radius 2 is 1.89 bits per heavy atom. The van der Waals surface area contributed by atoms with Crippen LogP contribution >= 0.6 is 0 Å². The van der Waals surface area contributed by atoms with Gasteiger partial charge in [0.1, 0.15) is 11.6 Å². The normalized spacial score (nSPS) is 10.9. The Bertz CT molecular complexity index is 967. The number of carbonyl (C=O) groups is 1. The minimum Gasteiger partial charge on any atom is -0.370 e. The summed E-state index contributed by atoms with van der Waals surface area (Å²) in [4.78, 5) is 35.8. The maximum absolute atomic E-state index is 12.2. The minimum atomic E-state index is -0.208. The SMILES string of the molecule is CCCc1nc2ccc(NCCCCC(=O)c3ccccc3)nc2c(=O)[nH]1. The molecule has 3 rings (SSSR count). The van der Waals surface area contributed by atoms with E-state index in [0.717, 1.165) is 31.2 Å². The molecule has 6 heteroatoms. The number of fused-ring (bicyclic) bond motifs is 1. The number of aromatic amines is 1. The Morgan fingerprint density at radius 3 is 2.67 bits per heavy atom. The number of benzene rings is 1. The third kappa shape index (κ3) is 5.00. The van der Waals surface area contributed by atoms with Gasteiger partial charge in [0.05, 0.1) is 5.52 Å². The maximum atomic E-state index is 12.2. The topological polar surface area (TPSA) is 87.7 Å². The zero-order valence-electron chi connectivity index (χ0n) is 15.5. The van der Waals surface area contributed by atoms with Gasteiger partial charge in [-0.05, 0) is 31.4 Å². The first-order valence-electron chi connectivity index (χ1n) is 9.39. The number of nitrogens with zero attached hydrogens (tertiary/aromatic N) is 2. The molecule has 0 atom stereocenters. The number of H-pyrrole nitrogens is 1. The second-order valence-corrected chi connectivity index (χ2v) is 6.50. The second kappa shape index (κ2) is 9.07. The summed E-state index contributed by atoms with van der Waals surface area (Å²) >= 11 is 0. The van der Waals surface area contributed by atoms with Crippen molar-refractivity contribution < 1.29 is 4.79 Å². The van der Waals surface area contributed by atoms with E-state index in [-0.39, 0.29) is 11.3 Å². The molecule has 2 N–H and O–H groups in total. The number of pyridine rings is 1. The van der Waals surface area contributed by atoms with Crippen molar-refractivity contribution in [3.8, 4) is 0 Å². The number of anilines is 1. The smallest absolute Gasteiger partial charge is 0.277 e. The zero-order chi connectivity index (χ0) is 19.1. The van der Waals surface area contributed by atoms with Crippen molar-refractivity contribution >= 4 is 22.6 Å². The Kier molecular flexibility index (Phi) is 6.30. The first-order chi connectivity index (χ1) is 13.2. The standard InChI is InChI=1S/C21H24N4O2/c1-2-8-19-23-16-12-13-18(24-20(16)21(27)25-19)22-14-7-6-11-17(26)15-9-4-3-5-10-15/h3-5,9-10,12-13H,2,6-8,11,14H2,1H3,(H,22,24)(H,23,25,27). The quantitative estimate of drug-likeness (QED) is 0.446. The summed E-state index contributed by atoms with van der Waals surface area (Å²) in [5, 5.41) is 3.21. The summed E-state index contributed by atoms with van der Waals surface area (Å²) in [6.45, 7) is 2.74. The number of hydrogen-bond acceptors (Lipinski definition) is 5. The van der Waals surface area contributed by atoms with E-state index in [9.17, 15) is 9.59 Å². The third-order valence-corrected chi connectivity index (χ3v) is 4.32. The summed E-state index contributed by atoms with van der Waals surface area (Å²) in [5.74, 6) is 1.51. The first kappa shape index (κ1) is 18.8. The Hall–Kier alpha value is -3.02. The molecule has 0 radical (unpaired) electrons. The van der Waals surface area contributed by atoms with Gasteiger partial charge in [-0.1, -0.05) is 37.3 Å². The van der Waals surface area contributed by atoms with Gasteiger partial charge in [-0.15, -0.1) is 0 Å². The van der Waals surface area contributed by atoms with Crippen LogP contribution in [0.25, 0.3) is 11.0 Å². The largest absolute Gasteiger partial charge is 0.370 e. The van der Waals surface area contributed by atoms with E-state index in [1.54, 1.807) is 0 Å². The summed E-state index contributed by atoms with van der Waals surface area (Å²) in [6.07, 6.45) is 3.85. The van der Waals surface area contributed by atoms with Crippen molar-refractivity contribution in [2.75, 3.05) is 11.9 Å². The van der Waals surface area contributed by atoms with Crippen molar-refractivity contribution in [1.82, 2.24) is 15.0 Å². The molecule has 0 saturated heterocycles. The molecule has 0 bridgehead atoms. The van der Waals surface area contributed by atoms with E-state index in [1.165, 1.54) is 0 Å². The van der Waals surface area contributed by atoms with E-state index >= 15 is 0 Å². The molecule has 3 aromatic rings. The van der Waals surface area contributed by atoms with Crippen molar-refractivity contribution in [1.29, 1.82) is 0 Å². The number of ketones is 1. The molecule has 27 heavy (non-hydrogen) atoms. The average Bonchev–Trinajstić information content (AvgIpc) is 2.69. The van der Waals surface area contributed by atoms with Crippen LogP contribution < -0.4 is 10.9 Å². The first-order valence-corrected chi connectivity index (χ1v) is 9.39. The summed E-state index contributed by atoms with van der Waals surface area (Å²) in [7, 11) is 0. The highest BCUT2D eigenvalue weighted by molar-refractivity contribution is 5.95. The van der Waals surface area contributed by atoms with E-state index in [2.05, 4.69) is 20.3 Å². The van der Waals surface area contributed by atoms with Gasteiger partial charge < -0.3 is 10.3 Å². The van der Waals surface area contributed by atoms with Gasteiger partial charge >= 0.3 is 0 Å². The maximum Gasteiger partial charge on any atom is 0.277 e. The van der Waals surface area contributed by atoms with Gasteiger partial charge in [0.15, 0.2) is 11.3 Å². The lowest BCUT2D eigenvalue weighted by atomic mass is 10.1. The van der Waals surface area contributed by atoms with Gasteiger partial charge in [0, 0.05) is 24.9 Å². The van der Waals surface area contributed by atoms with Crippen LogP contribution in [0.3, 0.4) is 0 Å². The van der Waals surface area contributed by atoms with E-state index < -0.39 is 0 Å². The fourth-order valence-corrected chi connectivity index (χ4v) is 2.92. The van der Waals surface area contributed by atoms with Gasteiger partial charge in [-0.25, -0.2) is 9.97 Å². The van der Waals surface area contributed by atoms with Gasteiger partial charge in [0.25, 0.3) is 5.56 Å². The number of nitrogens with one attached hydrogen (secondary N) is 2. The number of hydrogen-bond donors (Lipinski definition) is 2. The van der Waals surface area contributed by atoms with Crippen molar-refractivity contribution in [3.05, 3.63) is 64.2 Å². The molecule has 0 saturated carbocycles. The predicted molar refractivity (Wildman–Crippen MR) is 107 cm³/mol. The predicted octanol–water partition coefficient (Wildman–Crippen LogP) is 3.74. The van der Waals surface area contributed by atoms with E-state index in [1.807, 2.05) is 49.4 Å². The third-order valence-electron chi connectivity index (χ3n) is 4.32. The molecular weight excluding hydrogens is 340 g/mol. The number of carbonyl (C=O) groups excluding carboxylic acids is 1. The number of rotatable bonds is 9. The molecule has 0 aliphatic rings. The second-order valence-electron chi connectivity index (χ2n) is 6.50. The highest BCUT2D eigenvalue weighted by Crippen LogP contribution is 2.11. The van der Waals surface area contributed by atoms with Crippen LogP contribution in [-0.4, -0.2) is 27.3 Å². The van der Waals surface area contributed by atoms with Gasteiger partial charge in [-0.2, -0.15) is 0 Å². The molecule has 0 amide bonds. The fourth-order valence-electron chi connectivity index (χ4n) is 2.92. The zero-order valence-corrected chi connectivity index (χ0v) is 15.5. The van der Waals surface area contributed by atoms with E-state index in [4.69, 9.17) is 0 Å². The lowest BCUT2D eigenvalue weighted by Crippen LogP contribution is -2.14. The molecule has 2 aromatic heterocycles. The summed E-state index contributed by atoms with van der Waals surface area (Å²) < 4.78 is 0.